The molecule has 0 aliphatic heterocycles. The molecule has 0 radical (unpaired) electrons. The first-order valence-corrected chi connectivity index (χ1v) is 17.9. The molecule has 0 nitrogen and oxygen atoms in total. The predicted molar refractivity (Wildman–Crippen MR) is 187 cm³/mol. The molecule has 0 N–H and O–H groups in total. The van der Waals surface area contributed by atoms with E-state index >= 15 is 0 Å². The zero-order chi connectivity index (χ0) is 31.3. The first kappa shape index (κ1) is 38.0. The molecule has 0 bridgehead atoms. The van der Waals surface area contributed by atoms with Crippen molar-refractivity contribution >= 4 is 3.26 Å². The van der Waals surface area contributed by atoms with Gasteiger partial charge >= 0.3 is 52.8 Å². The molecule has 0 atom stereocenters. The van der Waals surface area contributed by atoms with E-state index in [1.165, 1.54) is 105 Å². The second-order valence-corrected chi connectivity index (χ2v) is 16.7. The van der Waals surface area contributed by atoms with Gasteiger partial charge in [0.15, 0.2) is 0 Å². The van der Waals surface area contributed by atoms with Crippen molar-refractivity contribution in [1.82, 2.24) is 0 Å². The fourth-order valence-corrected chi connectivity index (χ4v) is 7.49. The summed E-state index contributed by atoms with van der Waals surface area (Å²) in [7, 11) is 0. The molecule has 238 valence electrons. The van der Waals surface area contributed by atoms with Crippen molar-refractivity contribution in [1.29, 1.82) is 0 Å². The van der Waals surface area contributed by atoms with Crippen LogP contribution in [0.5, 0.6) is 0 Å². The van der Waals surface area contributed by atoms with Gasteiger partial charge in [-0.1, -0.05) is 131 Å². The molecule has 5 aromatic carbocycles. The SMILES string of the molecule is CC(C)(C)c1cc2c([c-]c1-c1ccccc1)Cc1cc(-c3ccccc3)c(C(C)(C)C)cc1-2.[Cl-].[Cl-].[Hf+2]=[C]1CCCC1.c1cc[cH-]c1. The Kier molecular flexibility index (Phi) is 13.7. The van der Waals surface area contributed by atoms with Crippen LogP contribution in [-0.2, 0) is 41.1 Å². The Morgan fingerprint density at radius 1 is 0.609 bits per heavy atom. The summed E-state index contributed by atoms with van der Waals surface area (Å²) in [5.74, 6) is 0. The van der Waals surface area contributed by atoms with E-state index < -0.39 is 0 Å². The molecule has 0 spiro atoms. The first-order valence-electron chi connectivity index (χ1n) is 16.1. The molecular weight excluding hydrogens is 766 g/mol. The van der Waals surface area contributed by atoms with E-state index in [9.17, 15) is 0 Å². The fraction of sp³-hybridized carbons (Fsp3) is 0.302. The Bertz CT molecular complexity index is 1560. The molecule has 3 heteroatoms. The molecule has 1 fully saturated rings. The van der Waals surface area contributed by atoms with E-state index in [2.05, 4.69) is 126 Å². The molecule has 0 aromatic heterocycles. The van der Waals surface area contributed by atoms with E-state index in [1.807, 2.05) is 33.6 Å². The molecule has 0 saturated heterocycles. The number of rotatable bonds is 2. The maximum Gasteiger partial charge on any atom is -0.172 e. The second kappa shape index (κ2) is 16.6. The maximum atomic E-state index is 3.88. The number of fused-ring (bicyclic) bond motifs is 3. The van der Waals surface area contributed by atoms with Gasteiger partial charge in [0, 0.05) is 0 Å². The number of hydrogen-bond acceptors (Lipinski definition) is 0. The predicted octanol–water partition coefficient (Wildman–Crippen LogP) is 5.68. The van der Waals surface area contributed by atoms with Gasteiger partial charge in [-0.05, 0) is 39.5 Å². The number of hydrogen-bond donors (Lipinski definition) is 0. The van der Waals surface area contributed by atoms with Crippen molar-refractivity contribution in [2.24, 2.45) is 0 Å². The van der Waals surface area contributed by atoms with Crippen LogP contribution >= 0.6 is 0 Å². The zero-order valence-electron chi connectivity index (χ0n) is 28.2. The van der Waals surface area contributed by atoms with Gasteiger partial charge in [0.25, 0.3) is 0 Å². The Labute approximate surface area is 305 Å². The van der Waals surface area contributed by atoms with E-state index in [0.717, 1.165) is 6.42 Å². The summed E-state index contributed by atoms with van der Waals surface area (Å²) in [6, 6.07) is 42.8. The molecule has 0 amide bonds. The van der Waals surface area contributed by atoms with Crippen LogP contribution in [0.3, 0.4) is 0 Å². The van der Waals surface area contributed by atoms with Gasteiger partial charge in [0.05, 0.1) is 0 Å². The molecule has 7 rings (SSSR count). The topological polar surface area (TPSA) is 0 Å². The average Bonchev–Trinajstić information content (AvgIpc) is 3.79. The van der Waals surface area contributed by atoms with Gasteiger partial charge < -0.3 is 24.8 Å². The van der Waals surface area contributed by atoms with Gasteiger partial charge in [0.2, 0.25) is 0 Å². The Morgan fingerprint density at radius 2 is 1.13 bits per heavy atom. The molecule has 0 heterocycles. The van der Waals surface area contributed by atoms with Gasteiger partial charge in [0.1, 0.15) is 0 Å². The third-order valence-corrected chi connectivity index (χ3v) is 10.4. The maximum absolute atomic E-state index is 3.88. The van der Waals surface area contributed by atoms with Gasteiger partial charge in [-0.2, -0.15) is 18.2 Å². The minimum absolute atomic E-state index is 0. The molecular formula is C43H46Cl2Hf-2. The van der Waals surface area contributed by atoms with Crippen molar-refractivity contribution < 1.29 is 48.7 Å². The van der Waals surface area contributed by atoms with E-state index in [1.54, 1.807) is 0 Å². The average molecular weight is 812 g/mol. The van der Waals surface area contributed by atoms with Crippen LogP contribution in [0.2, 0.25) is 0 Å². The summed E-state index contributed by atoms with van der Waals surface area (Å²) < 4.78 is 1.84. The summed E-state index contributed by atoms with van der Waals surface area (Å²) in [6.45, 7) is 13.9. The third kappa shape index (κ3) is 9.34. The number of halogens is 2. The molecule has 46 heavy (non-hydrogen) atoms. The van der Waals surface area contributed by atoms with Crippen LogP contribution in [0, 0.1) is 6.07 Å². The van der Waals surface area contributed by atoms with Crippen molar-refractivity contribution in [3.63, 3.8) is 0 Å². The summed E-state index contributed by atoms with van der Waals surface area (Å²) in [5.41, 5.74) is 13.5. The Balaban J connectivity index is 0.000000374. The monoisotopic (exact) mass is 812 g/mol. The molecule has 2 aliphatic rings. The molecule has 5 aromatic rings. The van der Waals surface area contributed by atoms with Gasteiger partial charge in [-0.15, -0.1) is 28.8 Å². The van der Waals surface area contributed by atoms with E-state index in [4.69, 9.17) is 0 Å². The molecule has 0 unspecified atom stereocenters. The van der Waals surface area contributed by atoms with E-state index in [0.29, 0.717) is 0 Å². The smallest absolute Gasteiger partial charge is 0.172 e. The Hall–Kier alpha value is -2.45. The van der Waals surface area contributed by atoms with Crippen LogP contribution in [0.25, 0.3) is 33.4 Å². The Morgan fingerprint density at radius 3 is 1.59 bits per heavy atom. The number of benzene rings is 4. The summed E-state index contributed by atoms with van der Waals surface area (Å²) >= 11 is 1.37. The van der Waals surface area contributed by atoms with Crippen molar-refractivity contribution in [2.45, 2.75) is 84.5 Å². The largest absolute Gasteiger partial charge is 0.214 e. The van der Waals surface area contributed by atoms with Crippen LogP contribution < -0.4 is 24.8 Å². The summed E-state index contributed by atoms with van der Waals surface area (Å²) in [5, 5.41) is 0. The fourth-order valence-electron chi connectivity index (χ4n) is 6.22. The normalized spacial score (nSPS) is 13.2. The van der Waals surface area contributed by atoms with Crippen LogP contribution in [0.1, 0.15) is 89.5 Å². The van der Waals surface area contributed by atoms with Gasteiger partial charge in [-0.3, -0.25) is 0 Å². The van der Waals surface area contributed by atoms with Gasteiger partial charge in [-0.25, -0.2) is 12.1 Å². The summed E-state index contributed by atoms with van der Waals surface area (Å²) in [4.78, 5) is 0. The molecule has 2 aliphatic carbocycles. The second-order valence-electron chi connectivity index (χ2n) is 14.2. The summed E-state index contributed by atoms with van der Waals surface area (Å²) in [6.07, 6.45) is 6.84. The van der Waals surface area contributed by atoms with Crippen molar-refractivity contribution in [2.75, 3.05) is 0 Å². The third-order valence-electron chi connectivity index (χ3n) is 8.59. The van der Waals surface area contributed by atoms with E-state index in [-0.39, 0.29) is 35.6 Å². The minimum atomic E-state index is 0. The van der Waals surface area contributed by atoms with Crippen LogP contribution in [-0.4, -0.2) is 3.26 Å². The molecule has 1 saturated carbocycles. The zero-order valence-corrected chi connectivity index (χ0v) is 33.3. The van der Waals surface area contributed by atoms with Crippen molar-refractivity contribution in [3.05, 3.63) is 138 Å². The van der Waals surface area contributed by atoms with Crippen molar-refractivity contribution in [3.8, 4) is 33.4 Å². The minimum Gasteiger partial charge on any atom is -0.214 e. The first-order chi connectivity index (χ1) is 21.0. The quantitative estimate of drug-likeness (QED) is 0.156. The van der Waals surface area contributed by atoms with Crippen LogP contribution in [0.15, 0.2) is 109 Å². The van der Waals surface area contributed by atoms with Crippen LogP contribution in [0.4, 0.5) is 0 Å². The standard InChI is InChI=1S/C33H33.C5H8.C5H5.2ClH.Hf/c1-32(2,3)30-20-26-24(18-28(30)22-13-9-7-10-14-22)17-25-19-29(23-15-11-8-12-16-23)31(21-27(25)26)33(4,5)6;2*1-2-4-5-3-1;;;/h7-16,18,20-21H,17H2,1-6H3;1-4H2;1-5H;2*1H;/q-1;;-1;;;+2/p-2.